The van der Waals surface area contributed by atoms with Crippen LogP contribution in [-0.4, -0.2) is 11.5 Å². The van der Waals surface area contributed by atoms with Gasteiger partial charge in [-0.15, -0.1) is 5.92 Å². The number of nitro benzene ring substituents is 1. The SMILES string of the molecule is CC#CCNc1ccc([N+](=O)[O-])c(N)c1. The molecule has 0 saturated heterocycles. The molecule has 15 heavy (non-hydrogen) atoms. The molecule has 0 aliphatic rings. The molecule has 1 aromatic carbocycles. The Hall–Kier alpha value is -2.22. The molecule has 5 heteroatoms. The van der Waals surface area contributed by atoms with Crippen LogP contribution >= 0.6 is 0 Å². The van der Waals surface area contributed by atoms with Crippen LogP contribution in [0.25, 0.3) is 0 Å². The summed E-state index contributed by atoms with van der Waals surface area (Å²) in [5.74, 6) is 5.55. The highest BCUT2D eigenvalue weighted by Gasteiger charge is 2.10. The van der Waals surface area contributed by atoms with Gasteiger partial charge in [-0.2, -0.15) is 0 Å². The van der Waals surface area contributed by atoms with E-state index in [4.69, 9.17) is 5.73 Å². The maximum Gasteiger partial charge on any atom is 0.292 e. The van der Waals surface area contributed by atoms with Crippen molar-refractivity contribution < 1.29 is 4.92 Å². The zero-order chi connectivity index (χ0) is 11.3. The molecule has 1 rings (SSSR count). The van der Waals surface area contributed by atoms with Gasteiger partial charge in [-0.3, -0.25) is 10.1 Å². The molecule has 0 spiro atoms. The summed E-state index contributed by atoms with van der Waals surface area (Å²) in [6, 6.07) is 4.50. The third-order valence-electron chi connectivity index (χ3n) is 1.78. The second-order valence-electron chi connectivity index (χ2n) is 2.81. The van der Waals surface area contributed by atoms with Crippen molar-refractivity contribution in [3.05, 3.63) is 28.3 Å². The average molecular weight is 205 g/mol. The summed E-state index contributed by atoms with van der Waals surface area (Å²) >= 11 is 0. The summed E-state index contributed by atoms with van der Waals surface area (Å²) in [5, 5.41) is 13.5. The molecule has 0 fully saturated rings. The summed E-state index contributed by atoms with van der Waals surface area (Å²) in [4.78, 5) is 9.97. The first kappa shape index (κ1) is 10.9. The predicted molar refractivity (Wildman–Crippen MR) is 59.4 cm³/mol. The van der Waals surface area contributed by atoms with Crippen molar-refractivity contribution in [3.8, 4) is 11.8 Å². The highest BCUT2D eigenvalue weighted by molar-refractivity contribution is 5.65. The Morgan fingerprint density at radius 2 is 2.33 bits per heavy atom. The number of hydrogen-bond donors (Lipinski definition) is 2. The van der Waals surface area contributed by atoms with Gasteiger partial charge in [0.25, 0.3) is 5.69 Å². The number of benzene rings is 1. The lowest BCUT2D eigenvalue weighted by molar-refractivity contribution is -0.383. The normalized spacial score (nSPS) is 8.87. The summed E-state index contributed by atoms with van der Waals surface area (Å²) in [6.07, 6.45) is 0. The maximum atomic E-state index is 10.5. The Kier molecular flexibility index (Phi) is 3.52. The van der Waals surface area contributed by atoms with E-state index in [1.807, 2.05) is 0 Å². The monoisotopic (exact) mass is 205 g/mol. The van der Waals surface area contributed by atoms with Crippen LogP contribution < -0.4 is 11.1 Å². The fourth-order valence-electron chi connectivity index (χ4n) is 1.07. The molecule has 0 heterocycles. The van der Waals surface area contributed by atoms with Crippen molar-refractivity contribution in [2.24, 2.45) is 0 Å². The highest BCUT2D eigenvalue weighted by Crippen LogP contribution is 2.24. The van der Waals surface area contributed by atoms with Crippen LogP contribution in [0.4, 0.5) is 17.1 Å². The Morgan fingerprint density at radius 3 is 2.87 bits per heavy atom. The quantitative estimate of drug-likeness (QED) is 0.340. The third kappa shape index (κ3) is 2.88. The number of anilines is 2. The molecule has 0 amide bonds. The van der Waals surface area contributed by atoms with E-state index >= 15 is 0 Å². The van der Waals surface area contributed by atoms with E-state index in [1.165, 1.54) is 12.1 Å². The van der Waals surface area contributed by atoms with Crippen LogP contribution in [0.5, 0.6) is 0 Å². The number of nitro groups is 1. The predicted octanol–water partition coefficient (Wildman–Crippen LogP) is 1.61. The molecule has 0 radical (unpaired) electrons. The summed E-state index contributed by atoms with van der Waals surface area (Å²) < 4.78 is 0. The summed E-state index contributed by atoms with van der Waals surface area (Å²) in [7, 11) is 0. The molecule has 78 valence electrons. The second-order valence-corrected chi connectivity index (χ2v) is 2.81. The second kappa shape index (κ2) is 4.86. The van der Waals surface area contributed by atoms with Crippen LogP contribution in [-0.2, 0) is 0 Å². The van der Waals surface area contributed by atoms with Gasteiger partial charge >= 0.3 is 0 Å². The van der Waals surface area contributed by atoms with Crippen LogP contribution in [0.15, 0.2) is 18.2 Å². The van der Waals surface area contributed by atoms with Crippen molar-refractivity contribution in [3.63, 3.8) is 0 Å². The lowest BCUT2D eigenvalue weighted by atomic mass is 10.2. The molecule has 0 bridgehead atoms. The van der Waals surface area contributed by atoms with Gasteiger partial charge in [-0.25, -0.2) is 0 Å². The molecule has 0 saturated carbocycles. The van der Waals surface area contributed by atoms with E-state index in [9.17, 15) is 10.1 Å². The van der Waals surface area contributed by atoms with Crippen molar-refractivity contribution in [2.75, 3.05) is 17.6 Å². The van der Waals surface area contributed by atoms with Gasteiger partial charge in [-0.1, -0.05) is 5.92 Å². The zero-order valence-electron chi connectivity index (χ0n) is 8.28. The fraction of sp³-hybridized carbons (Fsp3) is 0.200. The van der Waals surface area contributed by atoms with Crippen LogP contribution in [0.3, 0.4) is 0 Å². The van der Waals surface area contributed by atoms with Gasteiger partial charge in [0.1, 0.15) is 5.69 Å². The minimum atomic E-state index is -0.509. The first-order valence-electron chi connectivity index (χ1n) is 4.32. The van der Waals surface area contributed by atoms with Crippen LogP contribution in [0, 0.1) is 22.0 Å². The molecular formula is C10H11N3O2. The van der Waals surface area contributed by atoms with Gasteiger partial charge in [0.05, 0.1) is 11.5 Å². The van der Waals surface area contributed by atoms with Crippen molar-refractivity contribution in [2.45, 2.75) is 6.92 Å². The minimum absolute atomic E-state index is 0.0814. The largest absolute Gasteiger partial charge is 0.393 e. The van der Waals surface area contributed by atoms with Crippen LogP contribution in [0.1, 0.15) is 6.92 Å². The van der Waals surface area contributed by atoms with E-state index in [0.29, 0.717) is 6.54 Å². The molecule has 0 aromatic heterocycles. The Bertz CT molecular complexity index is 432. The molecule has 5 nitrogen and oxygen atoms in total. The van der Waals surface area contributed by atoms with Gasteiger partial charge < -0.3 is 11.1 Å². The number of nitrogen functional groups attached to an aromatic ring is 1. The summed E-state index contributed by atoms with van der Waals surface area (Å²) in [5.41, 5.74) is 6.30. The van der Waals surface area contributed by atoms with E-state index in [1.54, 1.807) is 13.0 Å². The van der Waals surface area contributed by atoms with E-state index in [2.05, 4.69) is 17.2 Å². The lowest BCUT2D eigenvalue weighted by Crippen LogP contribution is -2.01. The first-order chi connectivity index (χ1) is 7.15. The van der Waals surface area contributed by atoms with E-state index in [-0.39, 0.29) is 11.4 Å². The fourth-order valence-corrected chi connectivity index (χ4v) is 1.07. The molecule has 0 unspecified atom stereocenters. The molecule has 3 N–H and O–H groups in total. The maximum absolute atomic E-state index is 10.5. The number of nitrogens with zero attached hydrogens (tertiary/aromatic N) is 1. The summed E-state index contributed by atoms with van der Waals surface area (Å²) in [6.45, 7) is 2.24. The Labute approximate surface area is 87.4 Å². The van der Waals surface area contributed by atoms with E-state index in [0.717, 1.165) is 5.69 Å². The van der Waals surface area contributed by atoms with Gasteiger partial charge in [0, 0.05) is 11.8 Å². The Balaban J connectivity index is 2.80. The number of rotatable bonds is 3. The lowest BCUT2D eigenvalue weighted by Gasteiger charge is -2.03. The molecule has 0 atom stereocenters. The number of nitrogens with two attached hydrogens (primary N) is 1. The topological polar surface area (TPSA) is 81.2 Å². The Morgan fingerprint density at radius 1 is 1.60 bits per heavy atom. The number of nitrogens with one attached hydrogen (secondary N) is 1. The zero-order valence-corrected chi connectivity index (χ0v) is 8.28. The molecule has 1 aromatic rings. The highest BCUT2D eigenvalue weighted by atomic mass is 16.6. The van der Waals surface area contributed by atoms with Crippen molar-refractivity contribution >= 4 is 17.1 Å². The first-order valence-corrected chi connectivity index (χ1v) is 4.32. The van der Waals surface area contributed by atoms with Crippen molar-refractivity contribution in [1.29, 1.82) is 0 Å². The van der Waals surface area contributed by atoms with Gasteiger partial charge in [-0.05, 0) is 19.1 Å². The van der Waals surface area contributed by atoms with E-state index < -0.39 is 4.92 Å². The minimum Gasteiger partial charge on any atom is -0.393 e. The standard InChI is InChI=1S/C10H11N3O2/c1-2-3-6-12-8-4-5-10(13(14)15)9(11)7-8/h4-5,7,12H,6,11H2,1H3. The molecule has 0 aliphatic heterocycles. The van der Waals surface area contributed by atoms with Crippen LogP contribution in [0.2, 0.25) is 0 Å². The van der Waals surface area contributed by atoms with Gasteiger partial charge in [0.15, 0.2) is 0 Å². The third-order valence-corrected chi connectivity index (χ3v) is 1.78. The van der Waals surface area contributed by atoms with Crippen molar-refractivity contribution in [1.82, 2.24) is 0 Å². The molecular weight excluding hydrogens is 194 g/mol. The average Bonchev–Trinajstić information content (AvgIpc) is 2.17. The number of hydrogen-bond acceptors (Lipinski definition) is 4. The molecule has 0 aliphatic carbocycles. The van der Waals surface area contributed by atoms with Gasteiger partial charge in [0.2, 0.25) is 0 Å². The smallest absolute Gasteiger partial charge is 0.292 e.